The van der Waals surface area contributed by atoms with Crippen LogP contribution in [0, 0.1) is 5.92 Å². The number of nitrogens with one attached hydrogen (secondary N) is 1. The van der Waals surface area contributed by atoms with E-state index >= 15 is 0 Å². The lowest BCUT2D eigenvalue weighted by Crippen LogP contribution is -2.38. The van der Waals surface area contributed by atoms with Gasteiger partial charge in [-0.2, -0.15) is 0 Å². The lowest BCUT2D eigenvalue weighted by molar-refractivity contribution is 0.0829. The first kappa shape index (κ1) is 12.9. The fourth-order valence-corrected chi connectivity index (χ4v) is 4.11. The third-order valence-electron chi connectivity index (χ3n) is 5.11. The van der Waals surface area contributed by atoms with E-state index in [9.17, 15) is 0 Å². The predicted molar refractivity (Wildman–Crippen MR) is 71.7 cm³/mol. The molecule has 0 aromatic rings. The first-order valence-electron chi connectivity index (χ1n) is 7.81. The van der Waals surface area contributed by atoms with Gasteiger partial charge in [-0.15, -0.1) is 0 Å². The van der Waals surface area contributed by atoms with Gasteiger partial charge in [0.15, 0.2) is 0 Å². The molecular formula is C15H27NO2. The molecule has 5 unspecified atom stereocenters. The van der Waals surface area contributed by atoms with Crippen molar-refractivity contribution in [2.45, 2.75) is 75.7 Å². The van der Waals surface area contributed by atoms with Crippen molar-refractivity contribution in [1.29, 1.82) is 0 Å². The summed E-state index contributed by atoms with van der Waals surface area (Å²) in [5.41, 5.74) is 0. The minimum absolute atomic E-state index is 0.551. The molecule has 104 valence electrons. The quantitative estimate of drug-likeness (QED) is 0.789. The SMILES string of the molecule is CNC(CCCC1CCCO1)C1CC2CCC1O2. The molecule has 0 radical (unpaired) electrons. The Bertz CT molecular complexity index is 265. The van der Waals surface area contributed by atoms with E-state index in [0.717, 1.165) is 12.5 Å². The first-order valence-corrected chi connectivity index (χ1v) is 7.81. The van der Waals surface area contributed by atoms with Gasteiger partial charge in [-0.25, -0.2) is 0 Å². The van der Waals surface area contributed by atoms with Gasteiger partial charge in [-0.3, -0.25) is 0 Å². The van der Waals surface area contributed by atoms with Crippen LogP contribution in [0.15, 0.2) is 0 Å². The van der Waals surface area contributed by atoms with E-state index in [0.29, 0.717) is 24.4 Å². The van der Waals surface area contributed by atoms with Crippen molar-refractivity contribution in [2.75, 3.05) is 13.7 Å². The molecule has 3 nitrogen and oxygen atoms in total. The van der Waals surface area contributed by atoms with Crippen LogP contribution in [-0.2, 0) is 9.47 Å². The van der Waals surface area contributed by atoms with Gasteiger partial charge in [0.25, 0.3) is 0 Å². The summed E-state index contributed by atoms with van der Waals surface area (Å²) >= 11 is 0. The van der Waals surface area contributed by atoms with Gasteiger partial charge < -0.3 is 14.8 Å². The second kappa shape index (κ2) is 5.89. The van der Waals surface area contributed by atoms with E-state index < -0.39 is 0 Å². The maximum absolute atomic E-state index is 5.98. The summed E-state index contributed by atoms with van der Waals surface area (Å²) in [6.45, 7) is 0.986. The second-order valence-corrected chi connectivity index (χ2v) is 6.23. The highest BCUT2D eigenvalue weighted by molar-refractivity contribution is 4.94. The summed E-state index contributed by atoms with van der Waals surface area (Å²) in [4.78, 5) is 0. The van der Waals surface area contributed by atoms with Crippen molar-refractivity contribution >= 4 is 0 Å². The highest BCUT2D eigenvalue weighted by Crippen LogP contribution is 2.41. The molecule has 0 saturated carbocycles. The van der Waals surface area contributed by atoms with Gasteiger partial charge in [0.1, 0.15) is 0 Å². The van der Waals surface area contributed by atoms with E-state index in [1.807, 2.05) is 0 Å². The van der Waals surface area contributed by atoms with Crippen LogP contribution >= 0.6 is 0 Å². The zero-order chi connectivity index (χ0) is 12.4. The molecule has 5 atom stereocenters. The molecule has 1 N–H and O–H groups in total. The third kappa shape index (κ3) is 2.73. The number of fused-ring (bicyclic) bond motifs is 2. The largest absolute Gasteiger partial charge is 0.378 e. The normalized spacial score (nSPS) is 40.5. The fourth-order valence-electron chi connectivity index (χ4n) is 4.11. The molecule has 3 saturated heterocycles. The van der Waals surface area contributed by atoms with Crippen molar-refractivity contribution in [1.82, 2.24) is 5.32 Å². The Morgan fingerprint density at radius 2 is 2.22 bits per heavy atom. The molecule has 0 amide bonds. The van der Waals surface area contributed by atoms with Crippen LogP contribution in [0.25, 0.3) is 0 Å². The van der Waals surface area contributed by atoms with Crippen molar-refractivity contribution in [2.24, 2.45) is 5.92 Å². The molecule has 2 bridgehead atoms. The molecule has 3 aliphatic heterocycles. The molecule has 3 heterocycles. The average Bonchev–Trinajstić information content (AvgIpc) is 3.11. The van der Waals surface area contributed by atoms with Crippen LogP contribution in [0.2, 0.25) is 0 Å². The lowest BCUT2D eigenvalue weighted by atomic mass is 9.82. The fraction of sp³-hybridized carbons (Fsp3) is 1.00. The maximum Gasteiger partial charge on any atom is 0.0623 e. The Morgan fingerprint density at radius 3 is 2.83 bits per heavy atom. The van der Waals surface area contributed by atoms with Gasteiger partial charge >= 0.3 is 0 Å². The Balaban J connectivity index is 1.41. The standard InChI is InChI=1S/C15H27NO2/c1-16-14(6-2-4-11-5-3-9-17-11)13-10-12-7-8-15(13)18-12/h11-16H,2-10H2,1H3. The van der Waals surface area contributed by atoms with Gasteiger partial charge in [0.2, 0.25) is 0 Å². The molecule has 3 fully saturated rings. The summed E-state index contributed by atoms with van der Waals surface area (Å²) in [5.74, 6) is 0.762. The van der Waals surface area contributed by atoms with Crippen molar-refractivity contribution in [3.05, 3.63) is 0 Å². The maximum atomic E-state index is 5.98. The van der Waals surface area contributed by atoms with Gasteiger partial charge in [0, 0.05) is 18.6 Å². The van der Waals surface area contributed by atoms with Gasteiger partial charge in [-0.05, 0) is 58.4 Å². The Labute approximate surface area is 111 Å². The molecule has 0 aromatic carbocycles. The monoisotopic (exact) mass is 253 g/mol. The highest BCUT2D eigenvalue weighted by Gasteiger charge is 2.43. The topological polar surface area (TPSA) is 30.5 Å². The zero-order valence-electron chi connectivity index (χ0n) is 11.6. The smallest absolute Gasteiger partial charge is 0.0623 e. The number of hydrogen-bond acceptors (Lipinski definition) is 3. The minimum atomic E-state index is 0.551. The van der Waals surface area contributed by atoms with Crippen LogP contribution in [0.5, 0.6) is 0 Å². The molecule has 0 aromatic heterocycles. The van der Waals surface area contributed by atoms with Crippen LogP contribution in [0.3, 0.4) is 0 Å². The van der Waals surface area contributed by atoms with E-state index in [1.165, 1.54) is 51.4 Å². The number of rotatable bonds is 6. The van der Waals surface area contributed by atoms with E-state index in [-0.39, 0.29) is 0 Å². The van der Waals surface area contributed by atoms with Crippen molar-refractivity contribution in [3.63, 3.8) is 0 Å². The summed E-state index contributed by atoms with van der Waals surface area (Å²) in [6.07, 6.45) is 11.9. The summed E-state index contributed by atoms with van der Waals surface area (Å²) in [7, 11) is 2.11. The van der Waals surface area contributed by atoms with Gasteiger partial charge in [-0.1, -0.05) is 0 Å². The molecule has 3 rings (SSSR count). The lowest BCUT2D eigenvalue weighted by Gasteiger charge is -2.28. The van der Waals surface area contributed by atoms with Crippen LogP contribution < -0.4 is 5.32 Å². The Kier molecular flexibility index (Phi) is 4.22. The molecule has 3 heteroatoms. The van der Waals surface area contributed by atoms with Crippen molar-refractivity contribution in [3.8, 4) is 0 Å². The van der Waals surface area contributed by atoms with Crippen LogP contribution in [-0.4, -0.2) is 38.0 Å². The second-order valence-electron chi connectivity index (χ2n) is 6.23. The zero-order valence-corrected chi connectivity index (χ0v) is 11.6. The molecule has 18 heavy (non-hydrogen) atoms. The van der Waals surface area contributed by atoms with Crippen LogP contribution in [0.4, 0.5) is 0 Å². The summed E-state index contributed by atoms with van der Waals surface area (Å²) in [6, 6.07) is 0.654. The highest BCUT2D eigenvalue weighted by atomic mass is 16.5. The minimum Gasteiger partial charge on any atom is -0.378 e. The Hall–Kier alpha value is -0.120. The first-order chi connectivity index (χ1) is 8.86. The summed E-state index contributed by atoms with van der Waals surface area (Å²) < 4.78 is 11.7. The number of hydrogen-bond donors (Lipinski definition) is 1. The van der Waals surface area contributed by atoms with Crippen molar-refractivity contribution < 1.29 is 9.47 Å². The Morgan fingerprint density at radius 1 is 1.28 bits per heavy atom. The molecule has 3 aliphatic rings. The third-order valence-corrected chi connectivity index (χ3v) is 5.11. The average molecular weight is 253 g/mol. The van der Waals surface area contributed by atoms with Crippen LogP contribution in [0.1, 0.15) is 51.4 Å². The molecular weight excluding hydrogens is 226 g/mol. The summed E-state index contributed by atoms with van der Waals surface area (Å²) in [5, 5.41) is 3.53. The molecule has 0 spiro atoms. The van der Waals surface area contributed by atoms with E-state index in [4.69, 9.17) is 9.47 Å². The van der Waals surface area contributed by atoms with Gasteiger partial charge in [0.05, 0.1) is 18.3 Å². The van der Waals surface area contributed by atoms with E-state index in [1.54, 1.807) is 0 Å². The van der Waals surface area contributed by atoms with E-state index in [2.05, 4.69) is 12.4 Å². The predicted octanol–water partition coefficient (Wildman–Crippen LogP) is 2.49. The number of ether oxygens (including phenoxy) is 2. The molecule has 0 aliphatic carbocycles.